The fraction of sp³-hybridized carbons (Fsp3) is 0.333. The smallest absolute Gasteiger partial charge is 0.0398 e. The van der Waals surface area contributed by atoms with Gasteiger partial charge in [0, 0.05) is 4.83 Å². The van der Waals surface area contributed by atoms with Gasteiger partial charge in [-0.2, -0.15) is 0 Å². The summed E-state index contributed by atoms with van der Waals surface area (Å²) < 4.78 is 0. The molecule has 0 nitrogen and oxygen atoms in total. The summed E-state index contributed by atoms with van der Waals surface area (Å²) in [6.45, 7) is 6.60. The van der Waals surface area contributed by atoms with E-state index in [1.165, 1.54) is 27.8 Å². The van der Waals surface area contributed by atoms with Crippen LogP contribution in [0.2, 0.25) is 0 Å². The summed E-state index contributed by atoms with van der Waals surface area (Å²) in [5.41, 5.74) is 7.04. The van der Waals surface area contributed by atoms with Crippen molar-refractivity contribution < 1.29 is 0 Å². The van der Waals surface area contributed by atoms with Gasteiger partial charge < -0.3 is 0 Å². The van der Waals surface area contributed by atoms with Crippen molar-refractivity contribution in [2.75, 3.05) is 0 Å². The Labute approximate surface area is 125 Å². The van der Waals surface area contributed by atoms with Crippen molar-refractivity contribution in [3.8, 4) is 0 Å². The van der Waals surface area contributed by atoms with Gasteiger partial charge in [-0.05, 0) is 61.4 Å². The van der Waals surface area contributed by atoms with Crippen LogP contribution in [0.3, 0.4) is 0 Å². The second-order valence-electron chi connectivity index (χ2n) is 5.28. The Bertz CT molecular complexity index is 543. The minimum absolute atomic E-state index is 0.440. The SMILES string of the molecule is Cc1cc(C)c(CCC(Br)c2ccccc2)cc1C. The van der Waals surface area contributed by atoms with Gasteiger partial charge in [0.2, 0.25) is 0 Å². The van der Waals surface area contributed by atoms with Gasteiger partial charge >= 0.3 is 0 Å². The molecule has 0 aliphatic carbocycles. The number of benzene rings is 2. The van der Waals surface area contributed by atoms with Crippen molar-refractivity contribution in [1.29, 1.82) is 0 Å². The summed E-state index contributed by atoms with van der Waals surface area (Å²) in [6, 6.07) is 15.3. The molecule has 2 aromatic carbocycles. The fourth-order valence-electron chi connectivity index (χ4n) is 2.40. The van der Waals surface area contributed by atoms with Gasteiger partial charge in [0.1, 0.15) is 0 Å². The van der Waals surface area contributed by atoms with Crippen LogP contribution in [-0.4, -0.2) is 0 Å². The molecule has 0 bridgehead atoms. The average Bonchev–Trinajstić information content (AvgIpc) is 2.42. The Kier molecular flexibility index (Phi) is 4.81. The van der Waals surface area contributed by atoms with Crippen LogP contribution >= 0.6 is 15.9 Å². The van der Waals surface area contributed by atoms with E-state index in [0.717, 1.165) is 12.8 Å². The maximum atomic E-state index is 3.80. The van der Waals surface area contributed by atoms with Crippen molar-refractivity contribution in [3.05, 3.63) is 70.3 Å². The zero-order chi connectivity index (χ0) is 13.8. The van der Waals surface area contributed by atoms with Crippen molar-refractivity contribution in [2.45, 2.75) is 38.4 Å². The Morgan fingerprint density at radius 1 is 0.895 bits per heavy atom. The van der Waals surface area contributed by atoms with E-state index in [4.69, 9.17) is 0 Å². The van der Waals surface area contributed by atoms with Gasteiger partial charge in [0.05, 0.1) is 0 Å². The van der Waals surface area contributed by atoms with Crippen molar-refractivity contribution in [2.24, 2.45) is 0 Å². The Balaban J connectivity index is 2.05. The molecule has 0 saturated carbocycles. The molecule has 2 aromatic rings. The van der Waals surface area contributed by atoms with E-state index in [1.54, 1.807) is 0 Å². The first-order valence-electron chi connectivity index (χ1n) is 6.83. The summed E-state index contributed by atoms with van der Waals surface area (Å²) in [6.07, 6.45) is 2.26. The van der Waals surface area contributed by atoms with Gasteiger partial charge in [0.15, 0.2) is 0 Å². The average molecular weight is 317 g/mol. The Hall–Kier alpha value is -1.08. The molecule has 0 aliphatic rings. The van der Waals surface area contributed by atoms with E-state index in [-0.39, 0.29) is 0 Å². The lowest BCUT2D eigenvalue weighted by molar-refractivity contribution is 0.808. The van der Waals surface area contributed by atoms with Crippen LogP contribution in [0, 0.1) is 20.8 Å². The van der Waals surface area contributed by atoms with Crippen molar-refractivity contribution in [3.63, 3.8) is 0 Å². The molecular formula is C18H21Br. The summed E-state index contributed by atoms with van der Waals surface area (Å²) in [7, 11) is 0. The molecule has 1 atom stereocenters. The molecule has 2 rings (SSSR count). The van der Waals surface area contributed by atoms with Gasteiger partial charge in [-0.3, -0.25) is 0 Å². The molecule has 0 saturated heterocycles. The number of hydrogen-bond donors (Lipinski definition) is 0. The normalized spacial score (nSPS) is 12.4. The molecule has 19 heavy (non-hydrogen) atoms. The first-order chi connectivity index (χ1) is 9.08. The third kappa shape index (κ3) is 3.70. The number of rotatable bonds is 4. The molecule has 1 unspecified atom stereocenters. The molecule has 1 heteroatoms. The lowest BCUT2D eigenvalue weighted by atomic mass is 9.96. The van der Waals surface area contributed by atoms with Gasteiger partial charge in [-0.15, -0.1) is 0 Å². The van der Waals surface area contributed by atoms with Crippen LogP contribution in [0.4, 0.5) is 0 Å². The number of alkyl halides is 1. The van der Waals surface area contributed by atoms with E-state index in [0.29, 0.717) is 4.83 Å². The quantitative estimate of drug-likeness (QED) is 0.636. The van der Waals surface area contributed by atoms with E-state index < -0.39 is 0 Å². The molecular weight excluding hydrogens is 296 g/mol. The van der Waals surface area contributed by atoms with Crippen LogP contribution < -0.4 is 0 Å². The molecule has 0 heterocycles. The van der Waals surface area contributed by atoms with Crippen LogP contribution in [0.1, 0.15) is 39.1 Å². The molecule has 100 valence electrons. The van der Waals surface area contributed by atoms with E-state index in [9.17, 15) is 0 Å². The summed E-state index contributed by atoms with van der Waals surface area (Å²) in [5.74, 6) is 0. The highest BCUT2D eigenvalue weighted by Gasteiger charge is 2.09. The Morgan fingerprint density at radius 2 is 1.53 bits per heavy atom. The zero-order valence-electron chi connectivity index (χ0n) is 11.9. The van der Waals surface area contributed by atoms with Crippen LogP contribution in [0.25, 0.3) is 0 Å². The van der Waals surface area contributed by atoms with Crippen molar-refractivity contribution in [1.82, 2.24) is 0 Å². The van der Waals surface area contributed by atoms with Crippen LogP contribution in [-0.2, 0) is 6.42 Å². The summed E-state index contributed by atoms with van der Waals surface area (Å²) in [5, 5.41) is 0. The lowest BCUT2D eigenvalue weighted by Crippen LogP contribution is -1.97. The number of halogens is 1. The van der Waals surface area contributed by atoms with E-state index >= 15 is 0 Å². The first-order valence-corrected chi connectivity index (χ1v) is 7.75. The van der Waals surface area contributed by atoms with Gasteiger partial charge in [-0.1, -0.05) is 58.4 Å². The monoisotopic (exact) mass is 316 g/mol. The van der Waals surface area contributed by atoms with Gasteiger partial charge in [-0.25, -0.2) is 0 Å². The number of aryl methyl sites for hydroxylation is 4. The molecule has 0 N–H and O–H groups in total. The highest BCUT2D eigenvalue weighted by atomic mass is 79.9. The minimum Gasteiger partial charge on any atom is -0.0839 e. The highest BCUT2D eigenvalue weighted by molar-refractivity contribution is 9.09. The zero-order valence-corrected chi connectivity index (χ0v) is 13.5. The molecule has 0 spiro atoms. The second kappa shape index (κ2) is 6.38. The van der Waals surface area contributed by atoms with Gasteiger partial charge in [0.25, 0.3) is 0 Å². The van der Waals surface area contributed by atoms with E-state index in [1.807, 2.05) is 0 Å². The second-order valence-corrected chi connectivity index (χ2v) is 6.39. The van der Waals surface area contributed by atoms with Crippen LogP contribution in [0.15, 0.2) is 42.5 Å². The summed E-state index contributed by atoms with van der Waals surface area (Å²) in [4.78, 5) is 0.440. The molecule has 0 radical (unpaired) electrons. The topological polar surface area (TPSA) is 0 Å². The van der Waals surface area contributed by atoms with Crippen LogP contribution in [0.5, 0.6) is 0 Å². The predicted octanol–water partition coefficient (Wildman–Crippen LogP) is 5.68. The highest BCUT2D eigenvalue weighted by Crippen LogP contribution is 2.28. The third-order valence-electron chi connectivity index (χ3n) is 3.78. The third-order valence-corrected chi connectivity index (χ3v) is 4.77. The fourth-order valence-corrected chi connectivity index (χ4v) is 2.93. The Morgan fingerprint density at radius 3 is 2.21 bits per heavy atom. The predicted molar refractivity (Wildman–Crippen MR) is 87.1 cm³/mol. The maximum absolute atomic E-state index is 3.80. The minimum atomic E-state index is 0.440. The first kappa shape index (κ1) is 14.3. The molecule has 0 aliphatic heterocycles. The molecule has 0 aromatic heterocycles. The largest absolute Gasteiger partial charge is 0.0839 e. The molecule has 0 fully saturated rings. The molecule has 0 amide bonds. The maximum Gasteiger partial charge on any atom is 0.0398 e. The standard InChI is InChI=1S/C18H21Br/c1-13-11-15(3)17(12-14(13)2)9-10-18(19)16-7-5-4-6-8-16/h4-8,11-12,18H,9-10H2,1-3H3. The van der Waals surface area contributed by atoms with Crippen molar-refractivity contribution >= 4 is 15.9 Å². The van der Waals surface area contributed by atoms with E-state index in [2.05, 4.69) is 79.2 Å². The lowest BCUT2D eigenvalue weighted by Gasteiger charge is -2.13. The summed E-state index contributed by atoms with van der Waals surface area (Å²) >= 11 is 3.80. The number of hydrogen-bond acceptors (Lipinski definition) is 0.